The van der Waals surface area contributed by atoms with E-state index < -0.39 is 8.56 Å². The van der Waals surface area contributed by atoms with Gasteiger partial charge in [-0.15, -0.1) is 0 Å². The number of rotatable bonds is 23. The molecule has 28 heavy (non-hydrogen) atoms. The lowest BCUT2D eigenvalue weighted by atomic mass is 10.0. The van der Waals surface area contributed by atoms with Gasteiger partial charge in [0.25, 0.3) is 0 Å². The number of hydrogen-bond donors (Lipinski definition) is 0. The Labute approximate surface area is 179 Å². The topological polar surface area (TPSA) is 18.5 Å². The molecule has 0 unspecified atom stereocenters. The smallest absolute Gasteiger partial charge is 0.337 e. The fourth-order valence-corrected chi connectivity index (χ4v) is 6.30. The Morgan fingerprint density at radius 1 is 0.393 bits per heavy atom. The molecule has 0 amide bonds. The predicted molar refractivity (Wildman–Crippen MR) is 128 cm³/mol. The van der Waals surface area contributed by atoms with Crippen molar-refractivity contribution in [2.75, 3.05) is 13.2 Å². The van der Waals surface area contributed by atoms with Gasteiger partial charge in [0.05, 0.1) is 0 Å². The minimum absolute atomic E-state index is 0.909. The molecule has 0 aliphatic heterocycles. The molecule has 0 N–H and O–H groups in total. The molecule has 0 spiro atoms. The van der Waals surface area contributed by atoms with Gasteiger partial charge >= 0.3 is 8.56 Å². The van der Waals surface area contributed by atoms with E-state index >= 15 is 0 Å². The lowest BCUT2D eigenvalue weighted by Crippen LogP contribution is -2.41. The second kappa shape index (κ2) is 21.8. The Morgan fingerprint density at radius 3 is 1.00 bits per heavy atom. The summed E-state index contributed by atoms with van der Waals surface area (Å²) in [6.45, 7) is 10.9. The van der Waals surface area contributed by atoms with Gasteiger partial charge in [-0.1, -0.05) is 124 Å². The summed E-state index contributed by atoms with van der Waals surface area (Å²) in [5.41, 5.74) is 0. The number of unbranched alkanes of at least 4 members (excludes halogenated alkanes) is 15. The predicted octanol–water partition coefficient (Wildman–Crippen LogP) is 9.17. The molecule has 0 aromatic rings. The van der Waals surface area contributed by atoms with E-state index in [0.29, 0.717) is 0 Å². The maximum atomic E-state index is 6.35. The van der Waals surface area contributed by atoms with Crippen LogP contribution in [0.4, 0.5) is 0 Å². The molecule has 0 heterocycles. The molecule has 0 saturated carbocycles. The van der Waals surface area contributed by atoms with E-state index in [0.717, 1.165) is 25.3 Å². The van der Waals surface area contributed by atoms with E-state index in [4.69, 9.17) is 8.85 Å². The highest BCUT2D eigenvalue weighted by atomic mass is 28.4. The summed E-state index contributed by atoms with van der Waals surface area (Å²) < 4.78 is 12.7. The van der Waals surface area contributed by atoms with E-state index in [9.17, 15) is 0 Å². The third-order valence-corrected chi connectivity index (χ3v) is 9.67. The maximum absolute atomic E-state index is 6.35. The minimum Gasteiger partial charge on any atom is -0.394 e. The van der Waals surface area contributed by atoms with Crippen molar-refractivity contribution in [2.45, 2.75) is 149 Å². The second-order valence-corrected chi connectivity index (χ2v) is 12.4. The van der Waals surface area contributed by atoms with E-state index in [-0.39, 0.29) is 0 Å². The van der Waals surface area contributed by atoms with Crippen molar-refractivity contribution in [1.29, 1.82) is 0 Å². The molecule has 0 aliphatic carbocycles. The van der Waals surface area contributed by atoms with Crippen LogP contribution in [-0.4, -0.2) is 21.8 Å². The average Bonchev–Trinajstić information content (AvgIpc) is 2.72. The third kappa shape index (κ3) is 17.0. The van der Waals surface area contributed by atoms with Gasteiger partial charge in [0.2, 0.25) is 0 Å². The van der Waals surface area contributed by atoms with Crippen molar-refractivity contribution >= 4 is 8.56 Å². The molecule has 0 aliphatic rings. The molecule has 0 bridgehead atoms. The molecule has 0 rings (SSSR count). The SMILES string of the molecule is CCCCCCCCCCCCCCCO[Si](CC)(CC)OCCCCCC. The van der Waals surface area contributed by atoms with Crippen LogP contribution in [0.15, 0.2) is 0 Å². The van der Waals surface area contributed by atoms with Crippen molar-refractivity contribution in [3.05, 3.63) is 0 Å². The quantitative estimate of drug-likeness (QED) is 0.122. The van der Waals surface area contributed by atoms with Crippen LogP contribution in [0.25, 0.3) is 0 Å². The van der Waals surface area contributed by atoms with Crippen molar-refractivity contribution in [2.24, 2.45) is 0 Å². The molecule has 2 nitrogen and oxygen atoms in total. The van der Waals surface area contributed by atoms with Gasteiger partial charge in [-0.25, -0.2) is 0 Å². The van der Waals surface area contributed by atoms with Crippen molar-refractivity contribution in [3.8, 4) is 0 Å². The highest BCUT2D eigenvalue weighted by molar-refractivity contribution is 6.67. The van der Waals surface area contributed by atoms with Crippen LogP contribution in [-0.2, 0) is 8.85 Å². The standard InChI is InChI=1S/C25H54O2Si/c1-5-9-11-13-14-15-16-17-18-19-20-21-23-25-27-28(7-3,8-4)26-24-22-12-10-6-2/h5-25H2,1-4H3. The molecular weight excluding hydrogens is 360 g/mol. The Kier molecular flexibility index (Phi) is 21.9. The first-order valence-corrected chi connectivity index (χ1v) is 15.3. The van der Waals surface area contributed by atoms with Gasteiger partial charge in [-0.2, -0.15) is 0 Å². The Bertz CT molecular complexity index is 292. The van der Waals surface area contributed by atoms with Gasteiger partial charge in [0.1, 0.15) is 0 Å². The largest absolute Gasteiger partial charge is 0.394 e. The molecule has 0 atom stereocenters. The zero-order valence-electron chi connectivity index (χ0n) is 20.2. The summed E-state index contributed by atoms with van der Waals surface area (Å²) in [5, 5.41) is 0. The van der Waals surface area contributed by atoms with Gasteiger partial charge in [-0.3, -0.25) is 0 Å². The Morgan fingerprint density at radius 2 is 0.679 bits per heavy atom. The summed E-state index contributed by atoms with van der Waals surface area (Å²) in [7, 11) is -1.91. The molecule has 0 radical (unpaired) electrons. The van der Waals surface area contributed by atoms with Crippen molar-refractivity contribution < 1.29 is 8.85 Å². The zero-order valence-corrected chi connectivity index (χ0v) is 21.2. The van der Waals surface area contributed by atoms with Crippen LogP contribution in [0.3, 0.4) is 0 Å². The van der Waals surface area contributed by atoms with Gasteiger partial charge in [0.15, 0.2) is 0 Å². The van der Waals surface area contributed by atoms with E-state index in [1.807, 2.05) is 0 Å². The summed E-state index contributed by atoms with van der Waals surface area (Å²) in [6.07, 6.45) is 23.4. The second-order valence-electron chi connectivity index (χ2n) is 8.62. The Balaban J connectivity index is 3.52. The lowest BCUT2D eigenvalue weighted by molar-refractivity contribution is 0.163. The van der Waals surface area contributed by atoms with E-state index in [1.54, 1.807) is 0 Å². The lowest BCUT2D eigenvalue weighted by Gasteiger charge is -2.29. The molecule has 3 heteroatoms. The minimum atomic E-state index is -1.91. The van der Waals surface area contributed by atoms with Crippen molar-refractivity contribution in [1.82, 2.24) is 0 Å². The maximum Gasteiger partial charge on any atom is 0.337 e. The van der Waals surface area contributed by atoms with Gasteiger partial charge in [-0.05, 0) is 24.9 Å². The van der Waals surface area contributed by atoms with Crippen LogP contribution < -0.4 is 0 Å². The van der Waals surface area contributed by atoms with Crippen LogP contribution in [0.1, 0.15) is 137 Å². The summed E-state index contributed by atoms with van der Waals surface area (Å²) >= 11 is 0. The summed E-state index contributed by atoms with van der Waals surface area (Å²) in [5.74, 6) is 0. The number of hydrogen-bond acceptors (Lipinski definition) is 2. The van der Waals surface area contributed by atoms with Crippen LogP contribution in [0, 0.1) is 0 Å². The molecule has 0 saturated heterocycles. The molecular formula is C25H54O2Si. The monoisotopic (exact) mass is 414 g/mol. The highest BCUT2D eigenvalue weighted by Crippen LogP contribution is 2.20. The molecule has 0 aromatic heterocycles. The van der Waals surface area contributed by atoms with Gasteiger partial charge < -0.3 is 8.85 Å². The molecule has 170 valence electrons. The van der Waals surface area contributed by atoms with Crippen LogP contribution in [0.5, 0.6) is 0 Å². The van der Waals surface area contributed by atoms with Crippen LogP contribution >= 0.6 is 0 Å². The average molecular weight is 415 g/mol. The fraction of sp³-hybridized carbons (Fsp3) is 1.00. The molecule has 0 fully saturated rings. The van der Waals surface area contributed by atoms with E-state index in [1.165, 1.54) is 109 Å². The van der Waals surface area contributed by atoms with Gasteiger partial charge in [0, 0.05) is 13.2 Å². The zero-order chi connectivity index (χ0) is 20.8. The first-order valence-electron chi connectivity index (χ1n) is 13.0. The normalized spacial score (nSPS) is 12.0. The van der Waals surface area contributed by atoms with Crippen molar-refractivity contribution in [3.63, 3.8) is 0 Å². The summed E-state index contributed by atoms with van der Waals surface area (Å²) in [6, 6.07) is 2.19. The first-order chi connectivity index (χ1) is 13.7. The van der Waals surface area contributed by atoms with Crippen LogP contribution in [0.2, 0.25) is 12.1 Å². The fourth-order valence-electron chi connectivity index (χ4n) is 3.86. The first kappa shape index (κ1) is 28.1. The Hall–Kier alpha value is 0.137. The molecule has 0 aromatic carbocycles. The third-order valence-electron chi connectivity index (χ3n) is 6.05. The summed E-state index contributed by atoms with van der Waals surface area (Å²) in [4.78, 5) is 0. The highest BCUT2D eigenvalue weighted by Gasteiger charge is 2.33. The van der Waals surface area contributed by atoms with E-state index in [2.05, 4.69) is 27.7 Å².